The number of hydrogen-bond acceptors (Lipinski definition) is 3. The molecule has 0 aliphatic rings. The zero-order valence-electron chi connectivity index (χ0n) is 17.1. The third kappa shape index (κ3) is 10.3. The molecule has 27 heavy (non-hydrogen) atoms. The van der Waals surface area contributed by atoms with E-state index >= 15 is 0 Å². The average molecular weight is 509 g/mol. The summed E-state index contributed by atoms with van der Waals surface area (Å²) in [6.07, 6.45) is 14.4. The third-order valence-corrected chi connectivity index (χ3v) is 7.50. The van der Waals surface area contributed by atoms with Crippen molar-refractivity contribution in [1.82, 2.24) is 0 Å². The molecule has 0 heterocycles. The first kappa shape index (κ1) is 24.9. The first-order valence-electron chi connectivity index (χ1n) is 10.6. The van der Waals surface area contributed by atoms with Crippen LogP contribution in [0.4, 0.5) is 0 Å². The average Bonchev–Trinajstić information content (AvgIpc) is 2.66. The maximum Gasteiger partial charge on any atom is 0.297 e. The van der Waals surface area contributed by atoms with E-state index in [1.807, 2.05) is 19.1 Å². The van der Waals surface area contributed by atoms with Gasteiger partial charge in [0, 0.05) is 3.92 Å². The number of alkyl halides is 1. The van der Waals surface area contributed by atoms with Gasteiger partial charge in [-0.2, -0.15) is 8.42 Å². The zero-order valence-corrected chi connectivity index (χ0v) is 20.1. The van der Waals surface area contributed by atoms with Crippen LogP contribution >= 0.6 is 22.6 Å². The molecule has 5 heteroatoms. The topological polar surface area (TPSA) is 43.4 Å². The molecule has 0 N–H and O–H groups in total. The number of rotatable bonds is 16. The highest BCUT2D eigenvalue weighted by molar-refractivity contribution is 14.1. The SMILES string of the molecule is CCCCCCCCCCCC(I)c1ccccc1S(=O)(=O)OCCCC. The molecule has 156 valence electrons. The molecule has 0 aliphatic heterocycles. The molecule has 1 rings (SSSR count). The van der Waals surface area contributed by atoms with Gasteiger partial charge in [-0.3, -0.25) is 4.18 Å². The van der Waals surface area contributed by atoms with Gasteiger partial charge >= 0.3 is 0 Å². The van der Waals surface area contributed by atoms with Crippen LogP contribution in [-0.4, -0.2) is 15.0 Å². The van der Waals surface area contributed by atoms with Crippen molar-refractivity contribution in [2.24, 2.45) is 0 Å². The summed E-state index contributed by atoms with van der Waals surface area (Å²) in [4.78, 5) is 0.344. The van der Waals surface area contributed by atoms with Crippen molar-refractivity contribution in [1.29, 1.82) is 0 Å². The van der Waals surface area contributed by atoms with Gasteiger partial charge < -0.3 is 0 Å². The Bertz CT molecular complexity index is 601. The summed E-state index contributed by atoms with van der Waals surface area (Å²) in [6.45, 7) is 4.54. The van der Waals surface area contributed by atoms with Crippen LogP contribution in [0.5, 0.6) is 0 Å². The molecule has 0 amide bonds. The van der Waals surface area contributed by atoms with Crippen LogP contribution in [-0.2, 0) is 14.3 Å². The van der Waals surface area contributed by atoms with Crippen LogP contribution in [0, 0.1) is 0 Å². The summed E-state index contributed by atoms with van der Waals surface area (Å²) in [7, 11) is -3.66. The Morgan fingerprint density at radius 1 is 0.852 bits per heavy atom. The van der Waals surface area contributed by atoms with Gasteiger partial charge in [0.05, 0.1) is 11.5 Å². The normalized spacial score (nSPS) is 13.0. The molecule has 1 aromatic rings. The smallest absolute Gasteiger partial charge is 0.266 e. The number of benzene rings is 1. The molecule has 0 aromatic heterocycles. The van der Waals surface area contributed by atoms with Gasteiger partial charge in [-0.15, -0.1) is 0 Å². The molecule has 3 nitrogen and oxygen atoms in total. The van der Waals surface area contributed by atoms with Crippen molar-refractivity contribution in [2.45, 2.75) is 99.7 Å². The van der Waals surface area contributed by atoms with Gasteiger partial charge in [0.1, 0.15) is 0 Å². The zero-order chi connectivity index (χ0) is 20.0. The highest BCUT2D eigenvalue weighted by Gasteiger charge is 2.22. The van der Waals surface area contributed by atoms with Gasteiger partial charge in [-0.25, -0.2) is 0 Å². The maximum atomic E-state index is 12.5. The molecule has 1 atom stereocenters. The van der Waals surface area contributed by atoms with E-state index in [2.05, 4.69) is 29.5 Å². The number of hydrogen-bond donors (Lipinski definition) is 0. The Labute approximate surface area is 180 Å². The molecular formula is C22H37IO3S. The molecule has 0 saturated heterocycles. The van der Waals surface area contributed by atoms with E-state index in [1.54, 1.807) is 12.1 Å². The minimum atomic E-state index is -3.66. The monoisotopic (exact) mass is 508 g/mol. The van der Waals surface area contributed by atoms with Crippen molar-refractivity contribution >= 4 is 32.7 Å². The van der Waals surface area contributed by atoms with Crippen molar-refractivity contribution in [3.05, 3.63) is 29.8 Å². The van der Waals surface area contributed by atoms with Crippen molar-refractivity contribution in [3.8, 4) is 0 Å². The second-order valence-corrected chi connectivity index (χ2v) is 10.3. The molecule has 0 radical (unpaired) electrons. The fourth-order valence-corrected chi connectivity index (χ4v) is 5.54. The third-order valence-electron chi connectivity index (χ3n) is 4.82. The second kappa shape index (κ2) is 14.8. The van der Waals surface area contributed by atoms with E-state index in [1.165, 1.54) is 51.4 Å². The predicted molar refractivity (Wildman–Crippen MR) is 123 cm³/mol. The fraction of sp³-hybridized carbons (Fsp3) is 0.727. The summed E-state index contributed by atoms with van der Waals surface area (Å²) in [5.41, 5.74) is 0.883. The van der Waals surface area contributed by atoms with Gasteiger partial charge in [0.25, 0.3) is 10.1 Å². The largest absolute Gasteiger partial charge is 0.297 e. The standard InChI is InChI=1S/C22H37IO3S/c1-3-5-7-8-9-10-11-12-13-17-21(23)20-16-14-15-18-22(20)27(24,25)26-19-6-4-2/h14-16,18,21H,3-13,17,19H2,1-2H3. The Morgan fingerprint density at radius 3 is 2.04 bits per heavy atom. The number of unbranched alkanes of at least 4 members (excludes halogenated alkanes) is 9. The van der Waals surface area contributed by atoms with Crippen LogP contribution in [0.2, 0.25) is 0 Å². The van der Waals surface area contributed by atoms with Gasteiger partial charge in [0.2, 0.25) is 0 Å². The van der Waals surface area contributed by atoms with Crippen LogP contribution < -0.4 is 0 Å². The maximum absolute atomic E-state index is 12.5. The van der Waals surface area contributed by atoms with Gasteiger partial charge in [0.15, 0.2) is 0 Å². The lowest BCUT2D eigenvalue weighted by molar-refractivity contribution is 0.310. The van der Waals surface area contributed by atoms with Crippen LogP contribution in [0.25, 0.3) is 0 Å². The van der Waals surface area contributed by atoms with Gasteiger partial charge in [-0.05, 0) is 24.5 Å². The van der Waals surface area contributed by atoms with E-state index in [9.17, 15) is 8.42 Å². The molecule has 1 aromatic carbocycles. The minimum Gasteiger partial charge on any atom is -0.266 e. The van der Waals surface area contributed by atoms with Gasteiger partial charge in [-0.1, -0.05) is 119 Å². The summed E-state index contributed by atoms with van der Waals surface area (Å²) < 4.78 is 30.5. The summed E-state index contributed by atoms with van der Waals surface area (Å²) in [6, 6.07) is 7.31. The highest BCUT2D eigenvalue weighted by atomic mass is 127. The Kier molecular flexibility index (Phi) is 13.6. The van der Waals surface area contributed by atoms with Crippen LogP contribution in [0.1, 0.15) is 100 Å². The quantitative estimate of drug-likeness (QED) is 0.100. The predicted octanol–water partition coefficient (Wildman–Crippen LogP) is 7.59. The van der Waals surface area contributed by atoms with E-state index in [-0.39, 0.29) is 10.5 Å². The summed E-state index contributed by atoms with van der Waals surface area (Å²) in [5.74, 6) is 0. The molecule has 0 aliphatic carbocycles. The van der Waals surface area contributed by atoms with Crippen LogP contribution in [0.15, 0.2) is 29.2 Å². The first-order valence-corrected chi connectivity index (χ1v) is 13.3. The lowest BCUT2D eigenvalue weighted by Crippen LogP contribution is -2.11. The molecule has 0 saturated carbocycles. The van der Waals surface area contributed by atoms with Crippen molar-refractivity contribution in [2.75, 3.05) is 6.61 Å². The summed E-state index contributed by atoms with van der Waals surface area (Å²) in [5, 5.41) is 0. The molecule has 1 unspecified atom stereocenters. The summed E-state index contributed by atoms with van der Waals surface area (Å²) >= 11 is 2.38. The molecule has 0 fully saturated rings. The first-order chi connectivity index (χ1) is 13.0. The molecular weight excluding hydrogens is 471 g/mol. The van der Waals surface area contributed by atoms with Crippen molar-refractivity contribution < 1.29 is 12.6 Å². The fourth-order valence-electron chi connectivity index (χ4n) is 3.13. The second-order valence-electron chi connectivity index (χ2n) is 7.25. The number of halogens is 1. The van der Waals surface area contributed by atoms with Crippen molar-refractivity contribution in [3.63, 3.8) is 0 Å². The Balaban J connectivity index is 2.43. The lowest BCUT2D eigenvalue weighted by atomic mass is 10.0. The van der Waals surface area contributed by atoms with E-state index in [0.29, 0.717) is 4.90 Å². The minimum absolute atomic E-state index is 0.202. The molecule has 0 spiro atoms. The Hall–Kier alpha value is -0.140. The van der Waals surface area contributed by atoms with E-state index in [0.717, 1.165) is 31.2 Å². The Morgan fingerprint density at radius 2 is 1.41 bits per heavy atom. The van der Waals surface area contributed by atoms with Crippen LogP contribution in [0.3, 0.4) is 0 Å². The van der Waals surface area contributed by atoms with E-state index in [4.69, 9.17) is 4.18 Å². The molecule has 0 bridgehead atoms. The highest BCUT2D eigenvalue weighted by Crippen LogP contribution is 2.34. The lowest BCUT2D eigenvalue weighted by Gasteiger charge is -2.15. The van der Waals surface area contributed by atoms with E-state index < -0.39 is 10.1 Å².